The van der Waals surface area contributed by atoms with E-state index in [1.54, 1.807) is 0 Å². The van der Waals surface area contributed by atoms with Crippen molar-refractivity contribution in [3.63, 3.8) is 0 Å². The van der Waals surface area contributed by atoms with Crippen molar-refractivity contribution in [3.05, 3.63) is 97.1 Å². The Morgan fingerprint density at radius 3 is 2.11 bits per heavy atom. The molecule has 0 unspecified atom stereocenters. The molecule has 0 atom stereocenters. The maximum Gasteiger partial charge on any atom is 0.227 e. The maximum atomic E-state index is 6.68. The second-order valence-corrected chi connectivity index (χ2v) is 12.4. The van der Waals surface area contributed by atoms with Gasteiger partial charge in [-0.2, -0.15) is 0 Å². The Morgan fingerprint density at radius 1 is 0.600 bits per heavy atom. The molecule has 220 valence electrons. The topological polar surface area (TPSA) is 38.5 Å². The first-order valence-corrected chi connectivity index (χ1v) is 16.3. The fourth-order valence-corrected chi connectivity index (χ4v) is 7.37. The lowest BCUT2D eigenvalue weighted by atomic mass is 9.92. The highest BCUT2D eigenvalue weighted by atomic mass is 16.5. The van der Waals surface area contributed by atoms with Gasteiger partial charge < -0.3 is 14.1 Å². The first kappa shape index (κ1) is 26.3. The number of ether oxygens (including phenoxy) is 1. The van der Waals surface area contributed by atoms with Gasteiger partial charge in [0.2, 0.25) is 5.89 Å². The zero-order valence-electron chi connectivity index (χ0n) is 25.7. The van der Waals surface area contributed by atoms with Crippen LogP contribution in [0.25, 0.3) is 76.8 Å². The van der Waals surface area contributed by atoms with Crippen molar-refractivity contribution in [1.82, 2.24) is 4.98 Å². The van der Waals surface area contributed by atoms with Crippen LogP contribution in [-0.4, -0.2) is 18.1 Å². The summed E-state index contributed by atoms with van der Waals surface area (Å²) in [5.74, 6) is 2.41. The highest BCUT2D eigenvalue weighted by molar-refractivity contribution is 6.25. The van der Waals surface area contributed by atoms with Gasteiger partial charge in [0.15, 0.2) is 5.58 Å². The minimum atomic E-state index is 0.644. The number of unbranched alkanes of at least 4 members (excludes halogenated alkanes) is 2. The van der Waals surface area contributed by atoms with Crippen LogP contribution in [-0.2, 0) is 0 Å². The van der Waals surface area contributed by atoms with Crippen molar-refractivity contribution in [2.24, 2.45) is 0 Å². The number of hydrogen-bond acceptors (Lipinski definition) is 4. The van der Waals surface area contributed by atoms with Gasteiger partial charge in [0.1, 0.15) is 17.0 Å². The van der Waals surface area contributed by atoms with Crippen LogP contribution in [0.1, 0.15) is 39.5 Å². The van der Waals surface area contributed by atoms with Gasteiger partial charge in [-0.3, -0.25) is 0 Å². The molecule has 4 heteroatoms. The molecular formula is C41H34N2O2. The van der Waals surface area contributed by atoms with Crippen LogP contribution in [0.15, 0.2) is 101 Å². The highest BCUT2D eigenvalue weighted by Gasteiger charge is 2.25. The molecule has 4 nitrogen and oxygen atoms in total. The van der Waals surface area contributed by atoms with Crippen molar-refractivity contribution < 1.29 is 9.15 Å². The summed E-state index contributed by atoms with van der Waals surface area (Å²) in [6, 6.07) is 34.9. The molecule has 1 aromatic heterocycles. The van der Waals surface area contributed by atoms with Gasteiger partial charge in [-0.15, -0.1) is 0 Å². The zero-order chi connectivity index (χ0) is 30.1. The molecule has 0 aliphatic carbocycles. The molecule has 8 aromatic rings. The monoisotopic (exact) mass is 586 g/mol. The largest absolute Gasteiger partial charge is 0.456 e. The summed E-state index contributed by atoms with van der Waals surface area (Å²) < 4.78 is 13.3. The van der Waals surface area contributed by atoms with Gasteiger partial charge in [-0.05, 0) is 81.1 Å². The first-order chi connectivity index (χ1) is 22.2. The van der Waals surface area contributed by atoms with E-state index in [0.717, 1.165) is 68.5 Å². The van der Waals surface area contributed by atoms with Gasteiger partial charge in [-0.25, -0.2) is 4.98 Å². The van der Waals surface area contributed by atoms with Crippen LogP contribution in [0, 0.1) is 0 Å². The van der Waals surface area contributed by atoms with E-state index in [1.165, 1.54) is 58.3 Å². The summed E-state index contributed by atoms with van der Waals surface area (Å²) in [5.41, 5.74) is 6.14. The fraction of sp³-hybridized carbons (Fsp3) is 0.195. The van der Waals surface area contributed by atoms with E-state index in [9.17, 15) is 0 Å². The molecule has 0 saturated heterocycles. The van der Waals surface area contributed by atoms with Crippen LogP contribution in [0.3, 0.4) is 0 Å². The number of oxazole rings is 1. The summed E-state index contributed by atoms with van der Waals surface area (Å²) in [5, 5.41) is 9.57. The van der Waals surface area contributed by atoms with Gasteiger partial charge in [0.25, 0.3) is 0 Å². The highest BCUT2D eigenvalue weighted by Crippen LogP contribution is 2.50. The number of hydrogen-bond donors (Lipinski definition) is 0. The number of rotatable bonds is 8. The molecule has 0 radical (unpaired) electrons. The van der Waals surface area contributed by atoms with Gasteiger partial charge in [-0.1, -0.05) is 87.4 Å². The lowest BCUT2D eigenvalue weighted by Gasteiger charge is -2.27. The van der Waals surface area contributed by atoms with Crippen LogP contribution in [0.4, 0.5) is 5.69 Å². The van der Waals surface area contributed by atoms with E-state index in [2.05, 4.69) is 116 Å². The van der Waals surface area contributed by atoms with Crippen LogP contribution in [0.5, 0.6) is 11.5 Å². The molecule has 0 spiro atoms. The van der Waals surface area contributed by atoms with E-state index >= 15 is 0 Å². The Balaban J connectivity index is 1.21. The van der Waals surface area contributed by atoms with E-state index in [4.69, 9.17) is 14.1 Å². The molecule has 1 aliphatic rings. The van der Waals surface area contributed by atoms with E-state index in [-0.39, 0.29) is 0 Å². The number of nitrogens with zero attached hydrogens (tertiary/aromatic N) is 2. The normalized spacial score (nSPS) is 12.5. The van der Waals surface area contributed by atoms with Gasteiger partial charge in [0, 0.05) is 46.7 Å². The Morgan fingerprint density at radius 2 is 1.31 bits per heavy atom. The maximum absolute atomic E-state index is 6.68. The minimum absolute atomic E-state index is 0.644. The number of anilines is 1. The van der Waals surface area contributed by atoms with Crippen molar-refractivity contribution in [2.75, 3.05) is 18.0 Å². The summed E-state index contributed by atoms with van der Waals surface area (Å²) in [7, 11) is 0. The average molecular weight is 587 g/mol. The Labute approximate surface area is 262 Å². The summed E-state index contributed by atoms with van der Waals surface area (Å²) >= 11 is 0. The minimum Gasteiger partial charge on any atom is -0.456 e. The molecule has 0 N–H and O–H groups in total. The second-order valence-electron chi connectivity index (χ2n) is 12.4. The van der Waals surface area contributed by atoms with Crippen molar-refractivity contribution in [3.8, 4) is 34.1 Å². The zero-order valence-corrected chi connectivity index (χ0v) is 25.7. The molecule has 9 rings (SSSR count). The molecule has 7 aromatic carbocycles. The molecule has 0 amide bonds. The molecule has 2 heterocycles. The lowest BCUT2D eigenvalue weighted by Crippen LogP contribution is -2.25. The number of aromatic nitrogens is 1. The number of fused-ring (bicyclic) bond motifs is 4. The summed E-state index contributed by atoms with van der Waals surface area (Å²) in [4.78, 5) is 7.66. The van der Waals surface area contributed by atoms with E-state index in [1.807, 2.05) is 0 Å². The third kappa shape index (κ3) is 4.01. The predicted molar refractivity (Wildman–Crippen MR) is 188 cm³/mol. The smallest absolute Gasteiger partial charge is 0.227 e. The van der Waals surface area contributed by atoms with Crippen LogP contribution < -0.4 is 9.64 Å². The van der Waals surface area contributed by atoms with E-state index in [0.29, 0.717) is 5.89 Å². The summed E-state index contributed by atoms with van der Waals surface area (Å²) in [6.45, 7) is 6.64. The standard InChI is InChI=1S/C41H34N2O2/c1-3-5-21-43(22-6-4-2)28-17-20-29-33-24-34-40(32-11-8-12-35(39(32)33)44-36(29)23-28)45-41(42-34)31-19-16-27-14-13-25-9-7-10-26-15-18-30(31)38(27)37(25)26/h7-20,23-24H,3-6,21-22H2,1-2H3. The Kier molecular flexibility index (Phi) is 5.99. The van der Waals surface area contributed by atoms with Crippen LogP contribution in [0.2, 0.25) is 0 Å². The predicted octanol–water partition coefficient (Wildman–Crippen LogP) is 11.7. The van der Waals surface area contributed by atoms with Gasteiger partial charge >= 0.3 is 0 Å². The molecule has 1 aliphatic heterocycles. The SMILES string of the molecule is CCCCN(CCCC)c1ccc2c(c1)Oc1cccc3c1c-2cc1nc(-c2ccc4ccc5cccc6ccc2c4c56)oc13. The summed E-state index contributed by atoms with van der Waals surface area (Å²) in [6.07, 6.45) is 4.73. The quantitative estimate of drug-likeness (QED) is 0.166. The molecule has 0 fully saturated rings. The molecule has 0 saturated carbocycles. The third-order valence-electron chi connectivity index (χ3n) is 9.64. The van der Waals surface area contributed by atoms with Crippen molar-refractivity contribution in [1.29, 1.82) is 0 Å². The fourth-order valence-electron chi connectivity index (χ4n) is 7.37. The lowest BCUT2D eigenvalue weighted by molar-refractivity contribution is 0.486. The first-order valence-electron chi connectivity index (χ1n) is 16.3. The van der Waals surface area contributed by atoms with Crippen LogP contribution >= 0.6 is 0 Å². The van der Waals surface area contributed by atoms with E-state index < -0.39 is 0 Å². The Hall–Kier alpha value is -5.09. The molecule has 45 heavy (non-hydrogen) atoms. The number of benzene rings is 7. The van der Waals surface area contributed by atoms with Crippen molar-refractivity contribution in [2.45, 2.75) is 39.5 Å². The Bertz CT molecular complexity index is 2380. The second kappa shape index (κ2) is 10.2. The third-order valence-corrected chi connectivity index (χ3v) is 9.64. The molecular weight excluding hydrogens is 552 g/mol. The van der Waals surface area contributed by atoms with Gasteiger partial charge in [0.05, 0.1) is 0 Å². The molecule has 0 bridgehead atoms. The average Bonchev–Trinajstić information content (AvgIpc) is 3.51. The van der Waals surface area contributed by atoms with Crippen molar-refractivity contribution >= 4 is 59.9 Å².